The zero-order valence-corrected chi connectivity index (χ0v) is 13.7. The van der Waals surface area contributed by atoms with E-state index in [0.29, 0.717) is 13.0 Å². The summed E-state index contributed by atoms with van der Waals surface area (Å²) in [5.41, 5.74) is 0.780. The number of rotatable bonds is 6. The highest BCUT2D eigenvalue weighted by Crippen LogP contribution is 2.22. The molecule has 20 heavy (non-hydrogen) atoms. The number of carbonyl (C=O) groups excluding carboxylic acids is 1. The fraction of sp³-hybridized carbons (Fsp3) is 0.667. The molecule has 0 radical (unpaired) electrons. The summed E-state index contributed by atoms with van der Waals surface area (Å²) in [6.45, 7) is 2.51. The molecule has 0 aromatic carbocycles. The van der Waals surface area contributed by atoms with E-state index in [0.717, 1.165) is 15.8 Å². The van der Waals surface area contributed by atoms with Gasteiger partial charge in [0.2, 0.25) is 5.91 Å². The Morgan fingerprint density at radius 3 is 3.05 bits per heavy atom. The van der Waals surface area contributed by atoms with Crippen molar-refractivity contribution in [3.8, 4) is 0 Å². The van der Waals surface area contributed by atoms with Crippen molar-refractivity contribution in [2.45, 2.75) is 24.1 Å². The number of amides is 1. The van der Waals surface area contributed by atoms with Crippen LogP contribution in [0.2, 0.25) is 0 Å². The lowest BCUT2D eigenvalue weighted by atomic mass is 10.1. The Morgan fingerprint density at radius 2 is 2.40 bits per heavy atom. The Labute approximate surface area is 127 Å². The van der Waals surface area contributed by atoms with Gasteiger partial charge in [-0.2, -0.15) is 0 Å². The normalized spacial score (nSPS) is 20.9. The van der Waals surface area contributed by atoms with Gasteiger partial charge < -0.3 is 5.32 Å². The van der Waals surface area contributed by atoms with Gasteiger partial charge in [-0.1, -0.05) is 18.7 Å². The number of thioether (sulfide) groups is 1. The number of aromatic nitrogens is 1. The zero-order valence-electron chi connectivity index (χ0n) is 11.3. The van der Waals surface area contributed by atoms with Crippen LogP contribution in [0.1, 0.15) is 19.0 Å². The summed E-state index contributed by atoms with van der Waals surface area (Å²) in [5, 5.41) is 4.71. The van der Waals surface area contributed by atoms with E-state index in [1.54, 1.807) is 23.1 Å². The SMILES string of the molecule is CCSc1nc(CC(=O)NCC2CCS(=O)(=O)C2)cs1. The van der Waals surface area contributed by atoms with Crippen LogP contribution in [-0.4, -0.2) is 43.1 Å². The molecule has 8 heteroatoms. The number of carbonyl (C=O) groups is 1. The van der Waals surface area contributed by atoms with E-state index in [-0.39, 0.29) is 29.8 Å². The average Bonchev–Trinajstić information content (AvgIpc) is 2.94. The molecule has 2 heterocycles. The van der Waals surface area contributed by atoms with Gasteiger partial charge >= 0.3 is 0 Å². The van der Waals surface area contributed by atoms with E-state index in [9.17, 15) is 13.2 Å². The Balaban J connectivity index is 1.75. The minimum atomic E-state index is -2.87. The Kier molecular flexibility index (Phi) is 5.45. The predicted octanol–water partition coefficient (Wildman–Crippen LogP) is 1.35. The summed E-state index contributed by atoms with van der Waals surface area (Å²) in [4.78, 5) is 16.2. The molecule has 1 N–H and O–H groups in total. The second kappa shape index (κ2) is 6.91. The smallest absolute Gasteiger partial charge is 0.226 e. The van der Waals surface area contributed by atoms with E-state index in [2.05, 4.69) is 17.2 Å². The van der Waals surface area contributed by atoms with E-state index in [1.165, 1.54) is 0 Å². The summed E-state index contributed by atoms with van der Waals surface area (Å²) < 4.78 is 23.6. The van der Waals surface area contributed by atoms with E-state index in [4.69, 9.17) is 0 Å². The number of nitrogens with one attached hydrogen (secondary N) is 1. The molecule has 112 valence electrons. The number of hydrogen-bond donors (Lipinski definition) is 1. The van der Waals surface area contributed by atoms with Crippen molar-refractivity contribution in [3.05, 3.63) is 11.1 Å². The predicted molar refractivity (Wildman–Crippen MR) is 82.0 cm³/mol. The minimum Gasteiger partial charge on any atom is -0.355 e. The van der Waals surface area contributed by atoms with Crippen molar-refractivity contribution in [3.63, 3.8) is 0 Å². The Morgan fingerprint density at radius 1 is 1.60 bits per heavy atom. The average molecular weight is 334 g/mol. The molecule has 0 saturated carbocycles. The summed E-state index contributed by atoms with van der Waals surface area (Å²) in [5.74, 6) is 1.38. The maximum absolute atomic E-state index is 11.8. The van der Waals surface area contributed by atoms with Crippen LogP contribution in [-0.2, 0) is 21.1 Å². The van der Waals surface area contributed by atoms with Crippen LogP contribution in [0.3, 0.4) is 0 Å². The Hall–Kier alpha value is -0.600. The van der Waals surface area contributed by atoms with Crippen LogP contribution in [0.15, 0.2) is 9.72 Å². The first kappa shape index (κ1) is 15.8. The number of sulfone groups is 1. The number of thiazole rings is 1. The van der Waals surface area contributed by atoms with Crippen LogP contribution < -0.4 is 5.32 Å². The second-order valence-corrected chi connectivity index (χ2v) is 9.39. The van der Waals surface area contributed by atoms with Gasteiger partial charge in [-0.15, -0.1) is 11.3 Å². The number of nitrogens with zero attached hydrogens (tertiary/aromatic N) is 1. The monoisotopic (exact) mass is 334 g/mol. The van der Waals surface area contributed by atoms with Crippen molar-refractivity contribution < 1.29 is 13.2 Å². The van der Waals surface area contributed by atoms with Crippen molar-refractivity contribution in [1.29, 1.82) is 0 Å². The van der Waals surface area contributed by atoms with E-state index in [1.807, 2.05) is 5.38 Å². The summed E-state index contributed by atoms with van der Waals surface area (Å²) in [6, 6.07) is 0. The molecule has 0 bridgehead atoms. The Bertz CT molecular complexity index is 568. The summed E-state index contributed by atoms with van der Waals surface area (Å²) in [7, 11) is -2.87. The van der Waals surface area contributed by atoms with Crippen LogP contribution in [0.25, 0.3) is 0 Å². The van der Waals surface area contributed by atoms with E-state index < -0.39 is 9.84 Å². The van der Waals surface area contributed by atoms with Crippen molar-refractivity contribution in [2.24, 2.45) is 5.92 Å². The molecule has 1 amide bonds. The van der Waals surface area contributed by atoms with Crippen LogP contribution in [0.4, 0.5) is 0 Å². The molecule has 1 aliphatic heterocycles. The minimum absolute atomic E-state index is 0.0607. The third kappa shape index (κ3) is 4.75. The van der Waals surface area contributed by atoms with Crippen LogP contribution >= 0.6 is 23.1 Å². The molecular weight excluding hydrogens is 316 g/mol. The maximum atomic E-state index is 11.8. The maximum Gasteiger partial charge on any atom is 0.226 e. The van der Waals surface area contributed by atoms with Gasteiger partial charge in [0.05, 0.1) is 23.6 Å². The fourth-order valence-corrected chi connectivity index (χ4v) is 5.68. The first-order valence-electron chi connectivity index (χ1n) is 6.53. The van der Waals surface area contributed by atoms with Crippen LogP contribution in [0, 0.1) is 5.92 Å². The standard InChI is InChI=1S/C12H18N2O3S3/c1-2-18-12-14-10(7-19-12)5-11(15)13-6-9-3-4-20(16,17)8-9/h7,9H,2-6,8H2,1H3,(H,13,15). The lowest BCUT2D eigenvalue weighted by Gasteiger charge is -2.08. The van der Waals surface area contributed by atoms with Gasteiger partial charge in [0.25, 0.3) is 0 Å². The molecule has 1 saturated heterocycles. The van der Waals surface area contributed by atoms with Gasteiger partial charge in [0.15, 0.2) is 9.84 Å². The lowest BCUT2D eigenvalue weighted by Crippen LogP contribution is -2.31. The molecule has 1 unspecified atom stereocenters. The quantitative estimate of drug-likeness (QED) is 0.795. The molecular formula is C12H18N2O3S3. The largest absolute Gasteiger partial charge is 0.355 e. The zero-order chi connectivity index (χ0) is 14.6. The third-order valence-corrected chi connectivity index (χ3v) is 6.84. The van der Waals surface area contributed by atoms with Crippen molar-refractivity contribution >= 4 is 38.8 Å². The summed E-state index contributed by atoms with van der Waals surface area (Å²) >= 11 is 3.22. The molecule has 1 aromatic heterocycles. The van der Waals surface area contributed by atoms with Crippen LogP contribution in [0.5, 0.6) is 0 Å². The molecule has 1 aliphatic rings. The topological polar surface area (TPSA) is 76.1 Å². The molecule has 1 aromatic rings. The van der Waals surface area contributed by atoms with Gasteiger partial charge in [-0.3, -0.25) is 4.79 Å². The first-order chi connectivity index (χ1) is 9.48. The highest BCUT2D eigenvalue weighted by molar-refractivity contribution is 8.00. The van der Waals surface area contributed by atoms with Gasteiger partial charge in [0.1, 0.15) is 4.34 Å². The van der Waals surface area contributed by atoms with Gasteiger partial charge in [-0.25, -0.2) is 13.4 Å². The third-order valence-electron chi connectivity index (χ3n) is 3.05. The molecule has 1 atom stereocenters. The highest BCUT2D eigenvalue weighted by atomic mass is 32.2. The van der Waals surface area contributed by atoms with E-state index >= 15 is 0 Å². The molecule has 5 nitrogen and oxygen atoms in total. The molecule has 0 aliphatic carbocycles. The number of hydrogen-bond acceptors (Lipinski definition) is 6. The highest BCUT2D eigenvalue weighted by Gasteiger charge is 2.27. The van der Waals surface area contributed by atoms with Crippen molar-refractivity contribution in [2.75, 3.05) is 23.8 Å². The fourth-order valence-electron chi connectivity index (χ4n) is 2.08. The molecule has 1 fully saturated rings. The van der Waals surface area contributed by atoms with Crippen molar-refractivity contribution in [1.82, 2.24) is 10.3 Å². The van der Waals surface area contributed by atoms with Gasteiger partial charge in [0, 0.05) is 11.9 Å². The molecule has 2 rings (SSSR count). The lowest BCUT2D eigenvalue weighted by molar-refractivity contribution is -0.120. The molecule has 0 spiro atoms. The summed E-state index contributed by atoms with van der Waals surface area (Å²) in [6.07, 6.45) is 0.914. The van der Waals surface area contributed by atoms with Gasteiger partial charge in [-0.05, 0) is 18.1 Å². The first-order valence-corrected chi connectivity index (χ1v) is 10.2. The second-order valence-electron chi connectivity index (χ2n) is 4.79.